The summed E-state index contributed by atoms with van der Waals surface area (Å²) in [4.78, 5) is 0. The maximum absolute atomic E-state index is 5.69. The quantitative estimate of drug-likeness (QED) is 0.569. The minimum atomic E-state index is 0.349. The third-order valence-corrected chi connectivity index (χ3v) is 2.33. The molecule has 0 aromatic heterocycles. The van der Waals surface area contributed by atoms with Crippen molar-refractivity contribution in [1.29, 1.82) is 0 Å². The lowest BCUT2D eigenvalue weighted by atomic mass is 10.2. The Morgan fingerprint density at radius 1 is 1.11 bits per heavy atom. The first-order chi connectivity index (χ1) is 9.38. The van der Waals surface area contributed by atoms with Crippen molar-refractivity contribution < 1.29 is 14.2 Å². The van der Waals surface area contributed by atoms with Gasteiger partial charge in [-0.3, -0.25) is 0 Å². The van der Waals surface area contributed by atoms with Gasteiger partial charge < -0.3 is 19.9 Å². The smallest absolute Gasteiger partial charge is 0.134 e. The molecular formula is C15H21NO3. The van der Waals surface area contributed by atoms with Crippen LogP contribution in [-0.4, -0.2) is 40.1 Å². The van der Waals surface area contributed by atoms with Crippen LogP contribution >= 0.6 is 0 Å². The van der Waals surface area contributed by atoms with Gasteiger partial charge in [0.15, 0.2) is 0 Å². The average molecular weight is 263 g/mol. The van der Waals surface area contributed by atoms with Gasteiger partial charge in [-0.15, -0.1) is 0 Å². The summed E-state index contributed by atoms with van der Waals surface area (Å²) in [6, 6.07) is 7.69. The molecule has 0 aliphatic rings. The normalized spacial score (nSPS) is 9.79. The fourth-order valence-electron chi connectivity index (χ4n) is 1.43. The molecule has 0 radical (unpaired) electrons. The van der Waals surface area contributed by atoms with Crippen molar-refractivity contribution in [3.63, 3.8) is 0 Å². The van der Waals surface area contributed by atoms with E-state index in [2.05, 4.69) is 11.8 Å². The highest BCUT2D eigenvalue weighted by Crippen LogP contribution is 2.16. The SMILES string of the molecule is COCCOCCCOc1ccccc1C#CCN. The molecule has 1 aromatic carbocycles. The predicted molar refractivity (Wildman–Crippen MR) is 75.2 cm³/mol. The largest absolute Gasteiger partial charge is 0.492 e. The Bertz CT molecular complexity index is 409. The molecule has 0 spiro atoms. The highest BCUT2D eigenvalue weighted by molar-refractivity contribution is 5.45. The lowest BCUT2D eigenvalue weighted by Gasteiger charge is -2.08. The van der Waals surface area contributed by atoms with Gasteiger partial charge in [0.2, 0.25) is 0 Å². The van der Waals surface area contributed by atoms with Crippen LogP contribution in [-0.2, 0) is 9.47 Å². The van der Waals surface area contributed by atoms with E-state index >= 15 is 0 Å². The first-order valence-corrected chi connectivity index (χ1v) is 6.36. The van der Waals surface area contributed by atoms with E-state index in [1.165, 1.54) is 0 Å². The lowest BCUT2D eigenvalue weighted by molar-refractivity contribution is 0.0644. The van der Waals surface area contributed by atoms with Crippen LogP contribution in [0.3, 0.4) is 0 Å². The fraction of sp³-hybridized carbons (Fsp3) is 0.467. The predicted octanol–water partition coefficient (Wildman–Crippen LogP) is 1.43. The van der Waals surface area contributed by atoms with Crippen LogP contribution in [0.1, 0.15) is 12.0 Å². The Morgan fingerprint density at radius 3 is 2.74 bits per heavy atom. The molecule has 0 saturated heterocycles. The van der Waals surface area contributed by atoms with Gasteiger partial charge in [-0.05, 0) is 12.1 Å². The molecule has 0 fully saturated rings. The summed E-state index contributed by atoms with van der Waals surface area (Å²) in [5.41, 5.74) is 6.23. The van der Waals surface area contributed by atoms with Crippen LogP contribution in [0, 0.1) is 11.8 Å². The third-order valence-electron chi connectivity index (χ3n) is 2.33. The van der Waals surface area contributed by atoms with Crippen molar-refractivity contribution in [3.8, 4) is 17.6 Å². The molecule has 0 saturated carbocycles. The first-order valence-electron chi connectivity index (χ1n) is 6.36. The van der Waals surface area contributed by atoms with Gasteiger partial charge in [0.1, 0.15) is 5.75 Å². The van der Waals surface area contributed by atoms with E-state index in [-0.39, 0.29) is 0 Å². The molecule has 1 rings (SSSR count). The standard InChI is InChI=1S/C15H21NO3/c1-17-12-13-18-10-5-11-19-15-8-3-2-6-14(15)7-4-9-16/h2-3,6,8H,5,9-13,16H2,1H3. The van der Waals surface area contributed by atoms with Crippen LogP contribution in [0.2, 0.25) is 0 Å². The summed E-state index contributed by atoms with van der Waals surface area (Å²) in [5.74, 6) is 6.61. The maximum Gasteiger partial charge on any atom is 0.134 e. The third kappa shape index (κ3) is 6.82. The number of methoxy groups -OCH3 is 1. The van der Waals surface area contributed by atoms with Gasteiger partial charge in [0.05, 0.1) is 31.9 Å². The van der Waals surface area contributed by atoms with Crippen molar-refractivity contribution >= 4 is 0 Å². The second-order valence-corrected chi connectivity index (χ2v) is 3.81. The van der Waals surface area contributed by atoms with Gasteiger partial charge in [0, 0.05) is 20.1 Å². The molecular weight excluding hydrogens is 242 g/mol. The van der Waals surface area contributed by atoms with E-state index in [1.807, 2.05) is 24.3 Å². The van der Waals surface area contributed by atoms with Crippen LogP contribution in [0.25, 0.3) is 0 Å². The molecule has 19 heavy (non-hydrogen) atoms. The first kappa shape index (κ1) is 15.5. The van der Waals surface area contributed by atoms with E-state index < -0.39 is 0 Å². The van der Waals surface area contributed by atoms with Gasteiger partial charge >= 0.3 is 0 Å². The van der Waals surface area contributed by atoms with E-state index in [0.29, 0.717) is 33.0 Å². The van der Waals surface area contributed by atoms with Crippen molar-refractivity contribution in [2.45, 2.75) is 6.42 Å². The van der Waals surface area contributed by atoms with Gasteiger partial charge in [-0.25, -0.2) is 0 Å². The Hall–Kier alpha value is -1.54. The second-order valence-electron chi connectivity index (χ2n) is 3.81. The summed E-state index contributed by atoms with van der Waals surface area (Å²) in [7, 11) is 1.66. The number of hydrogen-bond donors (Lipinski definition) is 1. The second kappa shape index (κ2) is 10.4. The number of nitrogens with two attached hydrogens (primary N) is 1. The molecule has 4 nitrogen and oxygen atoms in total. The topological polar surface area (TPSA) is 53.7 Å². The minimum absolute atomic E-state index is 0.349. The summed E-state index contributed by atoms with van der Waals surface area (Å²) in [5, 5.41) is 0. The molecule has 0 aliphatic carbocycles. The molecule has 104 valence electrons. The highest BCUT2D eigenvalue weighted by atomic mass is 16.5. The number of hydrogen-bond acceptors (Lipinski definition) is 4. The number of ether oxygens (including phenoxy) is 3. The molecule has 0 heterocycles. The average Bonchev–Trinajstić information content (AvgIpc) is 2.45. The summed E-state index contributed by atoms with van der Waals surface area (Å²) in [6.45, 7) is 2.86. The van der Waals surface area contributed by atoms with Gasteiger partial charge in [-0.1, -0.05) is 24.0 Å². The Morgan fingerprint density at radius 2 is 1.95 bits per heavy atom. The highest BCUT2D eigenvalue weighted by Gasteiger charge is 1.99. The summed E-state index contributed by atoms with van der Waals surface area (Å²) in [6.07, 6.45) is 0.836. The molecule has 0 aliphatic heterocycles. The van der Waals surface area contributed by atoms with Gasteiger partial charge in [0.25, 0.3) is 0 Å². The van der Waals surface area contributed by atoms with Crippen molar-refractivity contribution in [3.05, 3.63) is 29.8 Å². The minimum Gasteiger partial charge on any atom is -0.492 e. The molecule has 0 unspecified atom stereocenters. The molecule has 4 heteroatoms. The number of benzene rings is 1. The van der Waals surface area contributed by atoms with Crippen LogP contribution in [0.15, 0.2) is 24.3 Å². The number of rotatable bonds is 8. The summed E-state index contributed by atoms with van der Waals surface area (Å²) >= 11 is 0. The lowest BCUT2D eigenvalue weighted by Crippen LogP contribution is -2.07. The molecule has 2 N–H and O–H groups in total. The zero-order valence-electron chi connectivity index (χ0n) is 11.4. The Balaban J connectivity index is 2.29. The summed E-state index contributed by atoms with van der Waals surface area (Å²) < 4.78 is 15.9. The molecule has 0 amide bonds. The van der Waals surface area contributed by atoms with E-state index in [0.717, 1.165) is 17.7 Å². The van der Waals surface area contributed by atoms with E-state index in [1.54, 1.807) is 7.11 Å². The van der Waals surface area contributed by atoms with Gasteiger partial charge in [-0.2, -0.15) is 0 Å². The maximum atomic E-state index is 5.69. The monoisotopic (exact) mass is 263 g/mol. The zero-order valence-corrected chi connectivity index (χ0v) is 11.4. The van der Waals surface area contributed by atoms with Crippen molar-refractivity contribution in [2.75, 3.05) is 40.1 Å². The fourth-order valence-corrected chi connectivity index (χ4v) is 1.43. The molecule has 0 atom stereocenters. The Kier molecular flexibility index (Phi) is 8.48. The van der Waals surface area contributed by atoms with Crippen molar-refractivity contribution in [2.24, 2.45) is 5.73 Å². The van der Waals surface area contributed by atoms with Crippen LogP contribution in [0.4, 0.5) is 0 Å². The van der Waals surface area contributed by atoms with E-state index in [9.17, 15) is 0 Å². The van der Waals surface area contributed by atoms with E-state index in [4.69, 9.17) is 19.9 Å². The number of para-hydroxylation sites is 1. The van der Waals surface area contributed by atoms with Crippen LogP contribution in [0.5, 0.6) is 5.75 Å². The zero-order chi connectivity index (χ0) is 13.8. The van der Waals surface area contributed by atoms with Crippen molar-refractivity contribution in [1.82, 2.24) is 0 Å². The van der Waals surface area contributed by atoms with Crippen LogP contribution < -0.4 is 10.5 Å². The Labute approximate surface area is 114 Å². The molecule has 1 aromatic rings. The molecule has 0 bridgehead atoms.